The smallest absolute Gasteiger partial charge is 0.250 e. The Labute approximate surface area is 208 Å². The first kappa shape index (κ1) is 22.2. The molecule has 1 unspecified atom stereocenters. The number of nitrogens with zero attached hydrogens (tertiary/aromatic N) is 3. The summed E-state index contributed by atoms with van der Waals surface area (Å²) in [4.78, 5) is 8.88. The van der Waals surface area contributed by atoms with Crippen LogP contribution >= 0.6 is 38.9 Å². The van der Waals surface area contributed by atoms with E-state index >= 15 is 0 Å². The Morgan fingerprint density at radius 1 is 1.00 bits per heavy atom. The lowest BCUT2D eigenvalue weighted by Gasteiger charge is -2.21. The summed E-state index contributed by atoms with van der Waals surface area (Å²) >= 11 is 10.9. The molecule has 166 valence electrons. The highest BCUT2D eigenvalue weighted by Crippen LogP contribution is 2.35. The van der Waals surface area contributed by atoms with Crippen LogP contribution in [0.25, 0.3) is 16.9 Å². The molecule has 0 aliphatic carbocycles. The van der Waals surface area contributed by atoms with E-state index < -0.39 is 16.1 Å². The van der Waals surface area contributed by atoms with E-state index in [1.807, 2.05) is 41.0 Å². The predicted octanol–water partition coefficient (Wildman–Crippen LogP) is 5.97. The van der Waals surface area contributed by atoms with Gasteiger partial charge in [0.15, 0.2) is 0 Å². The van der Waals surface area contributed by atoms with E-state index in [4.69, 9.17) is 11.6 Å². The van der Waals surface area contributed by atoms with Crippen LogP contribution in [0.1, 0.15) is 17.3 Å². The van der Waals surface area contributed by atoms with Gasteiger partial charge in [-0.1, -0.05) is 51.8 Å². The zero-order valence-corrected chi connectivity index (χ0v) is 20.9. The SMILES string of the molecule is O=S(=O)(NC(c1ccc(Cl)cc1)c1cc2c(Br)cccc2n1-c1ncccn1)c1cccs1. The number of nitrogens with one attached hydrogen (secondary N) is 1. The second-order valence-electron chi connectivity index (χ2n) is 7.16. The van der Waals surface area contributed by atoms with Crippen molar-refractivity contribution in [1.82, 2.24) is 19.3 Å². The van der Waals surface area contributed by atoms with Gasteiger partial charge in [-0.25, -0.2) is 18.4 Å². The number of hydrogen-bond acceptors (Lipinski definition) is 5. The van der Waals surface area contributed by atoms with E-state index in [0.29, 0.717) is 16.7 Å². The molecule has 1 atom stereocenters. The molecule has 3 heterocycles. The second-order valence-corrected chi connectivity index (χ2v) is 11.3. The van der Waals surface area contributed by atoms with Crippen LogP contribution in [0.3, 0.4) is 0 Å². The number of hydrogen-bond donors (Lipinski definition) is 1. The quantitative estimate of drug-likeness (QED) is 0.278. The highest BCUT2D eigenvalue weighted by molar-refractivity contribution is 9.10. The van der Waals surface area contributed by atoms with Crippen molar-refractivity contribution in [3.05, 3.63) is 105 Å². The van der Waals surface area contributed by atoms with E-state index in [1.54, 1.807) is 48.1 Å². The summed E-state index contributed by atoms with van der Waals surface area (Å²) in [5, 5.41) is 3.21. The minimum atomic E-state index is -3.80. The summed E-state index contributed by atoms with van der Waals surface area (Å²) < 4.78 is 32.4. The average molecular weight is 560 g/mol. The Kier molecular flexibility index (Phi) is 6.07. The van der Waals surface area contributed by atoms with Gasteiger partial charge in [0.05, 0.1) is 11.6 Å². The van der Waals surface area contributed by atoms with E-state index in [-0.39, 0.29) is 4.21 Å². The summed E-state index contributed by atoms with van der Waals surface area (Å²) in [6.45, 7) is 0. The number of fused-ring (bicyclic) bond motifs is 1. The fourth-order valence-electron chi connectivity index (χ4n) is 3.64. The molecule has 0 saturated heterocycles. The summed E-state index contributed by atoms with van der Waals surface area (Å²) in [5.41, 5.74) is 2.25. The lowest BCUT2D eigenvalue weighted by molar-refractivity contribution is 0.570. The van der Waals surface area contributed by atoms with Crippen molar-refractivity contribution in [3.63, 3.8) is 0 Å². The highest BCUT2D eigenvalue weighted by Gasteiger charge is 2.28. The maximum absolute atomic E-state index is 13.3. The maximum atomic E-state index is 13.3. The Bertz CT molecular complexity index is 1520. The molecule has 1 N–H and O–H groups in total. The lowest BCUT2D eigenvalue weighted by Crippen LogP contribution is -2.30. The van der Waals surface area contributed by atoms with Gasteiger partial charge in [-0.2, -0.15) is 4.72 Å². The maximum Gasteiger partial charge on any atom is 0.250 e. The molecule has 0 aliphatic heterocycles. The third-order valence-electron chi connectivity index (χ3n) is 5.11. The van der Waals surface area contributed by atoms with Crippen molar-refractivity contribution in [1.29, 1.82) is 0 Å². The van der Waals surface area contributed by atoms with E-state index in [2.05, 4.69) is 30.6 Å². The Morgan fingerprint density at radius 3 is 2.45 bits per heavy atom. The molecule has 6 nitrogen and oxygen atoms in total. The minimum Gasteiger partial charge on any atom is -0.280 e. The molecule has 33 heavy (non-hydrogen) atoms. The molecule has 0 bridgehead atoms. The Hall–Kier alpha value is -2.56. The van der Waals surface area contributed by atoms with Crippen LogP contribution in [0.5, 0.6) is 0 Å². The van der Waals surface area contributed by atoms with Crippen molar-refractivity contribution >= 4 is 59.8 Å². The first-order valence-electron chi connectivity index (χ1n) is 9.82. The second kappa shape index (κ2) is 9.00. The fraction of sp³-hybridized carbons (Fsp3) is 0.0435. The molecule has 0 saturated carbocycles. The van der Waals surface area contributed by atoms with Crippen LogP contribution in [0.4, 0.5) is 0 Å². The first-order valence-corrected chi connectivity index (χ1v) is 13.4. The molecule has 0 radical (unpaired) electrons. The molecule has 0 spiro atoms. The Balaban J connectivity index is 1.77. The third kappa shape index (κ3) is 4.34. The van der Waals surface area contributed by atoms with Gasteiger partial charge in [0, 0.05) is 33.0 Å². The average Bonchev–Trinajstić information content (AvgIpc) is 3.48. The number of sulfonamides is 1. The van der Waals surface area contributed by atoms with Crippen LogP contribution in [-0.4, -0.2) is 23.0 Å². The van der Waals surface area contributed by atoms with Crippen LogP contribution in [0.2, 0.25) is 5.02 Å². The molecule has 0 fully saturated rings. The van der Waals surface area contributed by atoms with Crippen LogP contribution in [0, 0.1) is 0 Å². The first-order chi connectivity index (χ1) is 15.9. The summed E-state index contributed by atoms with van der Waals surface area (Å²) in [5.74, 6) is 0.440. The highest BCUT2D eigenvalue weighted by atomic mass is 79.9. The van der Waals surface area contributed by atoms with Crippen molar-refractivity contribution in [3.8, 4) is 5.95 Å². The standard InChI is InChI=1S/C23H16BrClN4O2S2/c24-18-4-1-5-19-17(18)14-20(29(19)23-26-11-3-12-27-23)22(15-7-9-16(25)10-8-15)28-33(30,31)21-6-2-13-32-21/h1-14,22,28H. The van der Waals surface area contributed by atoms with E-state index in [1.165, 1.54) is 0 Å². The van der Waals surface area contributed by atoms with E-state index in [0.717, 1.165) is 32.3 Å². The largest absolute Gasteiger partial charge is 0.280 e. The normalized spacial score (nSPS) is 12.8. The summed E-state index contributed by atoms with van der Waals surface area (Å²) in [7, 11) is -3.80. The van der Waals surface area contributed by atoms with Crippen LogP contribution in [0.15, 0.2) is 93.2 Å². The van der Waals surface area contributed by atoms with Crippen molar-refractivity contribution < 1.29 is 8.42 Å². The van der Waals surface area contributed by atoms with Gasteiger partial charge in [-0.3, -0.25) is 4.57 Å². The van der Waals surface area contributed by atoms with Gasteiger partial charge in [0.2, 0.25) is 5.95 Å². The monoisotopic (exact) mass is 558 g/mol. The number of thiophene rings is 1. The number of rotatable bonds is 6. The molecule has 10 heteroatoms. The topological polar surface area (TPSA) is 76.9 Å². The van der Waals surface area contributed by atoms with Crippen LogP contribution in [-0.2, 0) is 10.0 Å². The molecular weight excluding hydrogens is 544 g/mol. The molecule has 2 aromatic carbocycles. The molecular formula is C23H16BrClN4O2S2. The van der Waals surface area contributed by atoms with Gasteiger partial charge in [-0.05, 0) is 53.4 Å². The van der Waals surface area contributed by atoms with Gasteiger partial charge in [0.1, 0.15) is 4.21 Å². The number of benzene rings is 2. The minimum absolute atomic E-state index is 0.237. The van der Waals surface area contributed by atoms with Crippen molar-refractivity contribution in [2.24, 2.45) is 0 Å². The summed E-state index contributed by atoms with van der Waals surface area (Å²) in [6.07, 6.45) is 3.31. The molecule has 0 aliphatic rings. The molecule has 3 aromatic heterocycles. The molecule has 5 rings (SSSR count). The fourth-order valence-corrected chi connectivity index (χ4v) is 6.44. The van der Waals surface area contributed by atoms with Crippen molar-refractivity contribution in [2.45, 2.75) is 10.3 Å². The van der Waals surface area contributed by atoms with E-state index in [9.17, 15) is 8.42 Å². The lowest BCUT2D eigenvalue weighted by atomic mass is 10.0. The van der Waals surface area contributed by atoms with Gasteiger partial charge >= 0.3 is 0 Å². The Morgan fingerprint density at radius 2 is 1.76 bits per heavy atom. The number of halogens is 2. The van der Waals surface area contributed by atoms with Gasteiger partial charge in [-0.15, -0.1) is 11.3 Å². The third-order valence-corrected chi connectivity index (χ3v) is 8.87. The van der Waals surface area contributed by atoms with Crippen molar-refractivity contribution in [2.75, 3.05) is 0 Å². The van der Waals surface area contributed by atoms with Crippen LogP contribution < -0.4 is 4.72 Å². The molecule has 5 aromatic rings. The molecule has 0 amide bonds. The zero-order valence-electron chi connectivity index (χ0n) is 16.9. The van der Waals surface area contributed by atoms with Gasteiger partial charge < -0.3 is 0 Å². The number of aromatic nitrogens is 3. The van der Waals surface area contributed by atoms with Gasteiger partial charge in [0.25, 0.3) is 10.0 Å². The summed E-state index contributed by atoms with van der Waals surface area (Å²) in [6, 6.07) is 19.2. The predicted molar refractivity (Wildman–Crippen MR) is 135 cm³/mol. The zero-order chi connectivity index (χ0) is 23.0.